The summed E-state index contributed by atoms with van der Waals surface area (Å²) in [5.74, 6) is 1.69. The first kappa shape index (κ1) is 14.7. The summed E-state index contributed by atoms with van der Waals surface area (Å²) >= 11 is 0. The molecular formula is C17H26N2O2. The number of piperidine rings is 1. The molecule has 1 fully saturated rings. The maximum Gasteiger partial charge on any atom is 0.161 e. The average Bonchev–Trinajstić information content (AvgIpc) is 2.53. The molecular weight excluding hydrogens is 264 g/mol. The zero-order chi connectivity index (χ0) is 14.8. The van der Waals surface area contributed by atoms with Gasteiger partial charge in [-0.25, -0.2) is 0 Å². The first-order valence-corrected chi connectivity index (χ1v) is 7.92. The fourth-order valence-corrected chi connectivity index (χ4v) is 3.65. The van der Waals surface area contributed by atoms with Crippen LogP contribution in [0.1, 0.15) is 30.9 Å². The Morgan fingerprint density at radius 2 is 1.86 bits per heavy atom. The van der Waals surface area contributed by atoms with Gasteiger partial charge in [0.1, 0.15) is 0 Å². The minimum atomic E-state index is 0.635. The fraction of sp³-hybridized carbons (Fsp3) is 0.647. The minimum Gasteiger partial charge on any atom is -0.493 e. The zero-order valence-electron chi connectivity index (χ0n) is 13.3. The molecule has 1 saturated heterocycles. The number of ether oxygens (including phenoxy) is 2. The van der Waals surface area contributed by atoms with E-state index in [1.165, 1.54) is 24.0 Å². The van der Waals surface area contributed by atoms with Crippen molar-refractivity contribution in [2.24, 2.45) is 0 Å². The van der Waals surface area contributed by atoms with E-state index in [0.717, 1.165) is 37.6 Å². The monoisotopic (exact) mass is 290 g/mol. The fourth-order valence-electron chi connectivity index (χ4n) is 3.65. The summed E-state index contributed by atoms with van der Waals surface area (Å²) in [6.45, 7) is 5.62. The summed E-state index contributed by atoms with van der Waals surface area (Å²) in [4.78, 5) is 2.64. The molecule has 4 heteroatoms. The predicted octanol–water partition coefficient (Wildman–Crippen LogP) is 2.20. The van der Waals surface area contributed by atoms with Crippen LogP contribution in [0, 0.1) is 0 Å². The predicted molar refractivity (Wildman–Crippen MR) is 84.1 cm³/mol. The smallest absolute Gasteiger partial charge is 0.161 e. The molecule has 0 bridgehead atoms. The molecule has 2 atom stereocenters. The summed E-state index contributed by atoms with van der Waals surface area (Å²) in [6.07, 6.45) is 3.61. The first-order valence-electron chi connectivity index (χ1n) is 7.92. The molecule has 0 aliphatic carbocycles. The summed E-state index contributed by atoms with van der Waals surface area (Å²) in [5, 5.41) is 3.54. The van der Waals surface area contributed by atoms with Gasteiger partial charge >= 0.3 is 0 Å². The van der Waals surface area contributed by atoms with Gasteiger partial charge in [0.25, 0.3) is 0 Å². The quantitative estimate of drug-likeness (QED) is 0.925. The van der Waals surface area contributed by atoms with E-state index in [1.807, 2.05) is 0 Å². The van der Waals surface area contributed by atoms with E-state index in [0.29, 0.717) is 12.1 Å². The van der Waals surface area contributed by atoms with Crippen molar-refractivity contribution in [2.45, 2.75) is 44.8 Å². The number of rotatable bonds is 3. The van der Waals surface area contributed by atoms with E-state index in [9.17, 15) is 0 Å². The van der Waals surface area contributed by atoms with E-state index < -0.39 is 0 Å². The third-order valence-electron chi connectivity index (χ3n) is 4.86. The highest BCUT2D eigenvalue weighted by Gasteiger charge is 2.28. The molecule has 2 aliphatic rings. The number of fused-ring (bicyclic) bond motifs is 1. The Balaban J connectivity index is 1.78. The highest BCUT2D eigenvalue weighted by atomic mass is 16.5. The van der Waals surface area contributed by atoms with E-state index in [1.54, 1.807) is 14.2 Å². The molecule has 0 spiro atoms. The molecule has 3 rings (SSSR count). The SMILES string of the molecule is COc1cc2c(cc1OC)CN(C1CCNC(C)C1)CC2. The molecule has 0 amide bonds. The molecule has 0 saturated carbocycles. The Kier molecular flexibility index (Phi) is 4.36. The average molecular weight is 290 g/mol. The molecule has 4 nitrogen and oxygen atoms in total. The maximum absolute atomic E-state index is 5.45. The van der Waals surface area contributed by atoms with Crippen LogP contribution in [0.2, 0.25) is 0 Å². The third-order valence-corrected chi connectivity index (χ3v) is 4.86. The van der Waals surface area contributed by atoms with Crippen molar-refractivity contribution >= 4 is 0 Å². The molecule has 2 unspecified atom stereocenters. The van der Waals surface area contributed by atoms with E-state index in [-0.39, 0.29) is 0 Å². The second kappa shape index (κ2) is 6.24. The van der Waals surface area contributed by atoms with Gasteiger partial charge in [0, 0.05) is 25.2 Å². The van der Waals surface area contributed by atoms with E-state index in [4.69, 9.17) is 9.47 Å². The van der Waals surface area contributed by atoms with Crippen LogP contribution in [0.5, 0.6) is 11.5 Å². The van der Waals surface area contributed by atoms with Crippen LogP contribution in [-0.2, 0) is 13.0 Å². The van der Waals surface area contributed by atoms with Gasteiger partial charge < -0.3 is 14.8 Å². The highest BCUT2D eigenvalue weighted by molar-refractivity contribution is 5.48. The number of hydrogen-bond donors (Lipinski definition) is 1. The van der Waals surface area contributed by atoms with Crippen molar-refractivity contribution in [2.75, 3.05) is 27.3 Å². The lowest BCUT2D eigenvalue weighted by Crippen LogP contribution is -2.48. The summed E-state index contributed by atoms with van der Waals surface area (Å²) < 4.78 is 10.9. The van der Waals surface area contributed by atoms with Crippen LogP contribution < -0.4 is 14.8 Å². The van der Waals surface area contributed by atoms with E-state index in [2.05, 4.69) is 29.3 Å². The number of nitrogens with zero attached hydrogens (tertiary/aromatic N) is 1. The van der Waals surface area contributed by atoms with Gasteiger partial charge in [-0.2, -0.15) is 0 Å². The first-order chi connectivity index (χ1) is 10.2. The summed E-state index contributed by atoms with van der Waals surface area (Å²) in [6, 6.07) is 5.65. The van der Waals surface area contributed by atoms with Crippen LogP contribution in [-0.4, -0.2) is 44.3 Å². The molecule has 1 N–H and O–H groups in total. The van der Waals surface area contributed by atoms with Gasteiger partial charge in [-0.3, -0.25) is 4.90 Å². The molecule has 1 aromatic rings. The normalized spacial score (nSPS) is 26.2. The lowest BCUT2D eigenvalue weighted by molar-refractivity contribution is 0.133. The minimum absolute atomic E-state index is 0.635. The van der Waals surface area contributed by atoms with E-state index >= 15 is 0 Å². The molecule has 116 valence electrons. The van der Waals surface area contributed by atoms with Crippen LogP contribution in [0.15, 0.2) is 12.1 Å². The zero-order valence-corrected chi connectivity index (χ0v) is 13.3. The second-order valence-electron chi connectivity index (χ2n) is 6.23. The number of benzene rings is 1. The van der Waals surface area contributed by atoms with Gasteiger partial charge in [-0.1, -0.05) is 0 Å². The van der Waals surface area contributed by atoms with Gasteiger partial charge in [-0.15, -0.1) is 0 Å². The maximum atomic E-state index is 5.45. The van der Waals surface area contributed by atoms with Crippen molar-refractivity contribution in [3.8, 4) is 11.5 Å². The Morgan fingerprint density at radius 1 is 1.14 bits per heavy atom. The Bertz CT molecular complexity index is 504. The molecule has 1 aromatic carbocycles. The standard InChI is InChI=1S/C17H26N2O2/c1-12-8-15(4-6-18-12)19-7-5-13-9-16(20-2)17(21-3)10-14(13)11-19/h9-10,12,15,18H,4-8,11H2,1-3H3. The van der Waals surface area contributed by atoms with Gasteiger partial charge in [0.15, 0.2) is 11.5 Å². The summed E-state index contributed by atoms with van der Waals surface area (Å²) in [5.41, 5.74) is 2.80. The van der Waals surface area contributed by atoms with Crippen molar-refractivity contribution in [1.29, 1.82) is 0 Å². The van der Waals surface area contributed by atoms with Crippen molar-refractivity contribution in [3.63, 3.8) is 0 Å². The molecule has 2 aliphatic heterocycles. The lowest BCUT2D eigenvalue weighted by atomic mass is 9.93. The lowest BCUT2D eigenvalue weighted by Gasteiger charge is -2.39. The Labute approximate surface area is 127 Å². The van der Waals surface area contributed by atoms with Crippen molar-refractivity contribution in [1.82, 2.24) is 10.2 Å². The van der Waals surface area contributed by atoms with Crippen LogP contribution in [0.3, 0.4) is 0 Å². The number of nitrogens with one attached hydrogen (secondary N) is 1. The Hall–Kier alpha value is -1.26. The third kappa shape index (κ3) is 3.01. The topological polar surface area (TPSA) is 33.7 Å². The second-order valence-corrected chi connectivity index (χ2v) is 6.23. The Morgan fingerprint density at radius 3 is 2.52 bits per heavy atom. The number of methoxy groups -OCH3 is 2. The molecule has 21 heavy (non-hydrogen) atoms. The molecule has 0 aromatic heterocycles. The van der Waals surface area contributed by atoms with Gasteiger partial charge in [-0.05, 0) is 56.0 Å². The largest absolute Gasteiger partial charge is 0.493 e. The highest BCUT2D eigenvalue weighted by Crippen LogP contribution is 2.34. The van der Waals surface area contributed by atoms with Gasteiger partial charge in [0.05, 0.1) is 14.2 Å². The van der Waals surface area contributed by atoms with Gasteiger partial charge in [0.2, 0.25) is 0 Å². The summed E-state index contributed by atoms with van der Waals surface area (Å²) in [7, 11) is 3.41. The van der Waals surface area contributed by atoms with Crippen LogP contribution >= 0.6 is 0 Å². The molecule has 2 heterocycles. The van der Waals surface area contributed by atoms with Crippen LogP contribution in [0.4, 0.5) is 0 Å². The number of hydrogen-bond acceptors (Lipinski definition) is 4. The molecule has 0 radical (unpaired) electrons. The van der Waals surface area contributed by atoms with Crippen molar-refractivity contribution in [3.05, 3.63) is 23.3 Å². The van der Waals surface area contributed by atoms with Crippen molar-refractivity contribution < 1.29 is 9.47 Å². The van der Waals surface area contributed by atoms with Crippen LogP contribution in [0.25, 0.3) is 0 Å².